The minimum atomic E-state index is -1.64. The minimum Gasteiger partial charge on any atom is -0.548 e. The van der Waals surface area contributed by atoms with E-state index in [1.807, 2.05) is 6.07 Å². The summed E-state index contributed by atoms with van der Waals surface area (Å²) in [5, 5.41) is 28.1. The van der Waals surface area contributed by atoms with Crippen molar-refractivity contribution in [3.05, 3.63) is 52.5 Å². The highest BCUT2D eigenvalue weighted by molar-refractivity contribution is 6.16. The Hall–Kier alpha value is -3.80. The molecule has 9 heteroatoms. The van der Waals surface area contributed by atoms with Gasteiger partial charge < -0.3 is 25.3 Å². The van der Waals surface area contributed by atoms with Gasteiger partial charge >= 0.3 is 0 Å². The predicted octanol–water partition coefficient (Wildman–Crippen LogP) is -0.425. The van der Waals surface area contributed by atoms with Crippen LogP contribution in [0.15, 0.2) is 35.7 Å². The summed E-state index contributed by atoms with van der Waals surface area (Å²) in [7, 11) is 0. The van der Waals surface area contributed by atoms with Gasteiger partial charge in [0.1, 0.15) is 17.1 Å². The first-order valence-electron chi connectivity index (χ1n) is 8.13. The summed E-state index contributed by atoms with van der Waals surface area (Å²) in [6.07, 6.45) is 0. The Morgan fingerprint density at radius 3 is 2.85 bits per heavy atom. The Kier molecular flexibility index (Phi) is 3.30. The molecule has 136 valence electrons. The number of anilines is 1. The molecule has 2 aliphatic rings. The summed E-state index contributed by atoms with van der Waals surface area (Å²) in [5.74, 6) is -2.20. The third-order valence-corrected chi connectivity index (χ3v) is 5.06. The van der Waals surface area contributed by atoms with Crippen molar-refractivity contribution >= 4 is 17.6 Å². The number of carbonyl (C=O) groups is 2. The molecule has 0 saturated heterocycles. The number of nitrogens with two attached hydrogens (primary N) is 1. The number of carbonyl (C=O) groups excluding carboxylic acids is 2. The Bertz CT molecular complexity index is 1080. The highest BCUT2D eigenvalue weighted by Gasteiger charge is 2.61. The summed E-state index contributed by atoms with van der Waals surface area (Å²) in [5.41, 5.74) is 5.88. The second-order valence-electron chi connectivity index (χ2n) is 6.42. The summed E-state index contributed by atoms with van der Waals surface area (Å²) in [4.78, 5) is 26.4. The smallest absolute Gasteiger partial charge is 0.248 e. The van der Waals surface area contributed by atoms with E-state index in [1.54, 1.807) is 31.2 Å². The largest absolute Gasteiger partial charge is 0.548 e. The number of hydrogen-bond acceptors (Lipinski definition) is 7. The van der Waals surface area contributed by atoms with Crippen LogP contribution in [0.4, 0.5) is 5.69 Å². The number of nitriles is 1. The van der Waals surface area contributed by atoms with Gasteiger partial charge in [0.15, 0.2) is 0 Å². The van der Waals surface area contributed by atoms with E-state index in [0.29, 0.717) is 22.5 Å². The predicted molar refractivity (Wildman–Crippen MR) is 90.0 cm³/mol. The molecule has 0 aliphatic carbocycles. The molecule has 3 heterocycles. The number of hydrogen-bond donors (Lipinski definition) is 2. The van der Waals surface area contributed by atoms with Crippen LogP contribution in [0, 0.1) is 18.3 Å². The van der Waals surface area contributed by atoms with Gasteiger partial charge in [-0.2, -0.15) is 5.26 Å². The first kappa shape index (κ1) is 16.7. The molecule has 2 aromatic rings. The third kappa shape index (κ3) is 1.84. The number of aliphatic carboxylic acids is 1. The molecule has 3 N–H and O–H groups in total. The molecule has 27 heavy (non-hydrogen) atoms. The van der Waals surface area contributed by atoms with Crippen molar-refractivity contribution in [2.45, 2.75) is 25.3 Å². The molecule has 0 saturated carbocycles. The van der Waals surface area contributed by atoms with Crippen LogP contribution in [0.1, 0.15) is 23.7 Å². The topological polar surface area (TPSA) is 148 Å². The lowest BCUT2D eigenvalue weighted by atomic mass is 9.69. The van der Waals surface area contributed by atoms with Gasteiger partial charge in [-0.15, -0.1) is 5.10 Å². The number of rotatable bonds is 2. The molecule has 0 fully saturated rings. The first-order chi connectivity index (χ1) is 12.9. The van der Waals surface area contributed by atoms with Crippen molar-refractivity contribution < 1.29 is 19.4 Å². The first-order valence-corrected chi connectivity index (χ1v) is 8.13. The molecule has 0 radical (unpaired) electrons. The molecular formula is C18H14N5O4-. The van der Waals surface area contributed by atoms with E-state index >= 15 is 0 Å². The van der Waals surface area contributed by atoms with Crippen molar-refractivity contribution in [3.63, 3.8) is 0 Å². The highest BCUT2D eigenvalue weighted by atomic mass is 16.5. The lowest BCUT2D eigenvalue weighted by Crippen LogP contribution is -2.53. The van der Waals surface area contributed by atoms with Crippen LogP contribution in [0.3, 0.4) is 0 Å². The molecule has 9 nitrogen and oxygen atoms in total. The van der Waals surface area contributed by atoms with Crippen LogP contribution in [0.2, 0.25) is 0 Å². The molecule has 0 bridgehead atoms. The maximum atomic E-state index is 13.7. The van der Waals surface area contributed by atoms with Gasteiger partial charge in [0, 0.05) is 16.9 Å². The standard InChI is InChI=1S/C18H15N5O4/c1-8-13-15(22-21-8)27-14(20)11(7-19)18(13)10-5-3-4-6-12(10)23(17(18)26)9(2)16(24)25/h3-6,9H,20H2,1-2H3,(H,21,22)(H,24,25)/p-1/t9-,18-/m1/s1. The number of carboxylic acid groups (broad SMARTS) is 1. The molecule has 2 atom stereocenters. The fourth-order valence-electron chi connectivity index (χ4n) is 3.91. The van der Waals surface area contributed by atoms with E-state index in [1.165, 1.54) is 6.92 Å². The van der Waals surface area contributed by atoms with E-state index in [4.69, 9.17) is 10.5 Å². The zero-order valence-corrected chi connectivity index (χ0v) is 14.4. The molecule has 0 unspecified atom stereocenters. The summed E-state index contributed by atoms with van der Waals surface area (Å²) in [6.45, 7) is 3.04. The zero-order chi connectivity index (χ0) is 19.5. The van der Waals surface area contributed by atoms with Crippen molar-refractivity contribution in [2.24, 2.45) is 5.73 Å². The monoisotopic (exact) mass is 364 g/mol. The van der Waals surface area contributed by atoms with Gasteiger partial charge in [-0.3, -0.25) is 9.89 Å². The fraction of sp³-hybridized carbons (Fsp3) is 0.222. The lowest BCUT2D eigenvalue weighted by Gasteiger charge is -2.33. The van der Waals surface area contributed by atoms with Gasteiger partial charge in [0.25, 0.3) is 0 Å². The summed E-state index contributed by atoms with van der Waals surface area (Å²) in [6, 6.07) is 7.41. The summed E-state index contributed by atoms with van der Waals surface area (Å²) >= 11 is 0. The van der Waals surface area contributed by atoms with Crippen LogP contribution < -0.4 is 20.5 Å². The Morgan fingerprint density at radius 2 is 2.19 bits per heavy atom. The number of ether oxygens (including phenoxy) is 1. The van der Waals surface area contributed by atoms with Gasteiger partial charge in [-0.25, -0.2) is 0 Å². The van der Waals surface area contributed by atoms with Crippen LogP contribution in [-0.4, -0.2) is 28.1 Å². The van der Waals surface area contributed by atoms with Crippen molar-refractivity contribution in [2.75, 3.05) is 4.90 Å². The SMILES string of the molecule is Cc1[nH]nc2c1[C@]1(C(=O)N([C@H](C)C(=O)[O-])c3ccccc31)C(C#N)=C(N)O2. The van der Waals surface area contributed by atoms with Crippen LogP contribution >= 0.6 is 0 Å². The Labute approximate surface area is 153 Å². The Morgan fingerprint density at radius 1 is 1.48 bits per heavy atom. The average Bonchev–Trinajstić information content (AvgIpc) is 3.12. The van der Waals surface area contributed by atoms with Gasteiger partial charge in [-0.05, 0) is 19.9 Å². The number of aryl methyl sites for hydroxylation is 1. The molecule has 1 amide bonds. The number of fused-ring (bicyclic) bond motifs is 4. The highest BCUT2D eigenvalue weighted by Crippen LogP contribution is 2.55. The number of nitrogens with one attached hydrogen (secondary N) is 1. The molecule has 1 spiro atoms. The molecular weight excluding hydrogens is 350 g/mol. The number of nitrogens with zero attached hydrogens (tertiary/aromatic N) is 3. The number of benzene rings is 1. The maximum absolute atomic E-state index is 13.7. The van der Waals surface area contributed by atoms with Crippen molar-refractivity contribution in [1.82, 2.24) is 10.2 Å². The van der Waals surface area contributed by atoms with E-state index in [0.717, 1.165) is 4.90 Å². The number of aromatic nitrogens is 2. The van der Waals surface area contributed by atoms with E-state index in [2.05, 4.69) is 10.2 Å². The van der Waals surface area contributed by atoms with Gasteiger partial charge in [0.05, 0.1) is 17.6 Å². The quantitative estimate of drug-likeness (QED) is 0.735. The third-order valence-electron chi connectivity index (χ3n) is 5.06. The van der Waals surface area contributed by atoms with Crippen molar-refractivity contribution in [1.29, 1.82) is 5.26 Å². The summed E-state index contributed by atoms with van der Waals surface area (Å²) < 4.78 is 5.44. The maximum Gasteiger partial charge on any atom is 0.248 e. The van der Waals surface area contributed by atoms with Crippen LogP contribution in [0.5, 0.6) is 5.88 Å². The fourth-order valence-corrected chi connectivity index (χ4v) is 3.91. The van der Waals surface area contributed by atoms with Gasteiger partial charge in [-0.1, -0.05) is 18.2 Å². The normalized spacial score (nSPS) is 21.5. The van der Waals surface area contributed by atoms with Crippen molar-refractivity contribution in [3.8, 4) is 11.9 Å². The number of carboxylic acids is 1. The van der Waals surface area contributed by atoms with E-state index in [9.17, 15) is 20.0 Å². The van der Waals surface area contributed by atoms with E-state index in [-0.39, 0.29) is 17.3 Å². The number of para-hydroxylation sites is 1. The second kappa shape index (κ2) is 5.35. The molecule has 1 aromatic heterocycles. The number of H-pyrrole nitrogens is 1. The minimum absolute atomic E-state index is 0.0788. The average molecular weight is 364 g/mol. The van der Waals surface area contributed by atoms with E-state index < -0.39 is 23.3 Å². The lowest BCUT2D eigenvalue weighted by molar-refractivity contribution is -0.307. The number of aromatic amines is 1. The molecule has 2 aliphatic heterocycles. The molecule has 1 aromatic carbocycles. The van der Waals surface area contributed by atoms with Crippen LogP contribution in [0.25, 0.3) is 0 Å². The molecule has 4 rings (SSSR count). The number of amides is 1. The van der Waals surface area contributed by atoms with Gasteiger partial charge in [0.2, 0.25) is 17.7 Å². The zero-order valence-electron chi connectivity index (χ0n) is 14.4. The van der Waals surface area contributed by atoms with Crippen LogP contribution in [-0.2, 0) is 15.0 Å². The second-order valence-corrected chi connectivity index (χ2v) is 6.42. The Balaban J connectivity index is 2.14.